The minimum atomic E-state index is -3.64. The largest absolute Gasteiger partial charge is 0.377 e. The van der Waals surface area contributed by atoms with Gasteiger partial charge < -0.3 is 4.74 Å². The number of aryl methyl sites for hydroxylation is 1. The Balaban J connectivity index is 2.16. The molecule has 1 aromatic rings. The van der Waals surface area contributed by atoms with E-state index in [1.54, 1.807) is 6.92 Å². The fraction of sp³-hybridized carbons (Fsp3) is 0.500. The molecule has 1 saturated heterocycles. The topological polar surface area (TPSA) is 55.4 Å². The summed E-state index contributed by atoms with van der Waals surface area (Å²) in [5.41, 5.74) is 0.670. The van der Waals surface area contributed by atoms with E-state index in [2.05, 4.69) is 4.72 Å². The molecule has 0 saturated carbocycles. The van der Waals surface area contributed by atoms with Crippen LogP contribution in [0.2, 0.25) is 10.0 Å². The molecule has 0 aliphatic carbocycles. The van der Waals surface area contributed by atoms with Crippen LogP contribution in [0.25, 0.3) is 0 Å². The zero-order valence-electron chi connectivity index (χ0n) is 10.4. The molecule has 0 amide bonds. The first-order chi connectivity index (χ1) is 8.90. The van der Waals surface area contributed by atoms with Gasteiger partial charge in [-0.05, 0) is 37.5 Å². The van der Waals surface area contributed by atoms with Gasteiger partial charge in [0.2, 0.25) is 10.0 Å². The standard InChI is InChI=1S/C12H15Cl2NO3S/c1-8-5-12(11(14)6-10(8)13)19(16,17)15-7-9-3-2-4-18-9/h5-6,9,15H,2-4,7H2,1H3. The fourth-order valence-electron chi connectivity index (χ4n) is 1.92. The molecule has 1 aliphatic heterocycles. The molecule has 1 aromatic carbocycles. The maximum absolute atomic E-state index is 12.2. The molecule has 19 heavy (non-hydrogen) atoms. The first-order valence-electron chi connectivity index (χ1n) is 5.97. The van der Waals surface area contributed by atoms with E-state index in [-0.39, 0.29) is 22.6 Å². The van der Waals surface area contributed by atoms with Crippen LogP contribution in [0.3, 0.4) is 0 Å². The maximum atomic E-state index is 12.2. The maximum Gasteiger partial charge on any atom is 0.242 e. The molecule has 0 spiro atoms. The summed E-state index contributed by atoms with van der Waals surface area (Å²) in [6, 6.07) is 2.92. The van der Waals surface area contributed by atoms with Crippen molar-refractivity contribution in [2.75, 3.05) is 13.2 Å². The second kappa shape index (κ2) is 5.97. The molecule has 1 N–H and O–H groups in total. The van der Waals surface area contributed by atoms with E-state index in [1.807, 2.05) is 0 Å². The van der Waals surface area contributed by atoms with Crippen molar-refractivity contribution < 1.29 is 13.2 Å². The van der Waals surface area contributed by atoms with E-state index in [4.69, 9.17) is 27.9 Å². The quantitative estimate of drug-likeness (QED) is 0.926. The van der Waals surface area contributed by atoms with Gasteiger partial charge in [-0.25, -0.2) is 13.1 Å². The normalized spacial score (nSPS) is 19.8. The lowest BCUT2D eigenvalue weighted by Gasteiger charge is -2.13. The van der Waals surface area contributed by atoms with Crippen LogP contribution in [-0.4, -0.2) is 27.7 Å². The molecule has 1 aliphatic rings. The Morgan fingerprint density at radius 2 is 2.11 bits per heavy atom. The van der Waals surface area contributed by atoms with Crippen LogP contribution in [-0.2, 0) is 14.8 Å². The smallest absolute Gasteiger partial charge is 0.242 e. The number of hydrogen-bond donors (Lipinski definition) is 1. The molecule has 0 radical (unpaired) electrons. The van der Waals surface area contributed by atoms with Crippen LogP contribution in [0, 0.1) is 6.92 Å². The highest BCUT2D eigenvalue weighted by Crippen LogP contribution is 2.28. The fourth-order valence-corrected chi connectivity index (χ4v) is 3.82. The highest BCUT2D eigenvalue weighted by atomic mass is 35.5. The highest BCUT2D eigenvalue weighted by molar-refractivity contribution is 7.89. The first-order valence-corrected chi connectivity index (χ1v) is 8.21. The third kappa shape index (κ3) is 3.61. The van der Waals surface area contributed by atoms with Crippen LogP contribution in [0.4, 0.5) is 0 Å². The summed E-state index contributed by atoms with van der Waals surface area (Å²) in [7, 11) is -3.64. The van der Waals surface area contributed by atoms with E-state index in [1.165, 1.54) is 12.1 Å². The van der Waals surface area contributed by atoms with Gasteiger partial charge in [0.25, 0.3) is 0 Å². The Bertz CT molecular complexity index is 569. The average molecular weight is 324 g/mol. The van der Waals surface area contributed by atoms with E-state index >= 15 is 0 Å². The van der Waals surface area contributed by atoms with Gasteiger partial charge >= 0.3 is 0 Å². The Morgan fingerprint density at radius 3 is 2.74 bits per heavy atom. The van der Waals surface area contributed by atoms with Crippen molar-refractivity contribution in [3.8, 4) is 0 Å². The lowest BCUT2D eigenvalue weighted by atomic mass is 10.2. The van der Waals surface area contributed by atoms with Crippen molar-refractivity contribution in [3.05, 3.63) is 27.7 Å². The van der Waals surface area contributed by atoms with Gasteiger partial charge in [-0.1, -0.05) is 23.2 Å². The number of sulfonamides is 1. The molecule has 106 valence electrons. The highest BCUT2D eigenvalue weighted by Gasteiger charge is 2.22. The predicted octanol–water partition coefficient (Wildman–Crippen LogP) is 2.76. The van der Waals surface area contributed by atoms with Crippen molar-refractivity contribution in [2.45, 2.75) is 30.8 Å². The number of hydrogen-bond acceptors (Lipinski definition) is 3. The Kier molecular flexibility index (Phi) is 4.74. The van der Waals surface area contributed by atoms with Gasteiger partial charge in [-0.2, -0.15) is 0 Å². The van der Waals surface area contributed by atoms with Gasteiger partial charge in [0.1, 0.15) is 4.90 Å². The Hall–Kier alpha value is -0.330. The molecule has 2 rings (SSSR count). The zero-order valence-corrected chi connectivity index (χ0v) is 12.8. The molecule has 4 nitrogen and oxygen atoms in total. The van der Waals surface area contributed by atoms with Crippen LogP contribution in [0.1, 0.15) is 18.4 Å². The Morgan fingerprint density at radius 1 is 1.37 bits per heavy atom. The number of benzene rings is 1. The molecular formula is C12H15Cl2NO3S. The lowest BCUT2D eigenvalue weighted by Crippen LogP contribution is -2.32. The third-order valence-electron chi connectivity index (χ3n) is 3.03. The minimum Gasteiger partial charge on any atom is -0.377 e. The van der Waals surface area contributed by atoms with Crippen molar-refractivity contribution in [1.82, 2.24) is 4.72 Å². The third-order valence-corrected chi connectivity index (χ3v) is 5.32. The van der Waals surface area contributed by atoms with Gasteiger partial charge in [0, 0.05) is 18.2 Å². The molecule has 0 aromatic heterocycles. The summed E-state index contributed by atoms with van der Waals surface area (Å²) >= 11 is 11.8. The first kappa shape index (κ1) is 15.1. The van der Waals surface area contributed by atoms with Crippen LogP contribution >= 0.6 is 23.2 Å². The number of rotatable bonds is 4. The van der Waals surface area contributed by atoms with Crippen molar-refractivity contribution in [2.24, 2.45) is 0 Å². The van der Waals surface area contributed by atoms with E-state index < -0.39 is 10.0 Å². The molecule has 1 atom stereocenters. The number of nitrogens with one attached hydrogen (secondary N) is 1. The second-order valence-electron chi connectivity index (χ2n) is 4.52. The molecule has 7 heteroatoms. The summed E-state index contributed by atoms with van der Waals surface area (Å²) in [5.74, 6) is 0. The van der Waals surface area contributed by atoms with Crippen molar-refractivity contribution >= 4 is 33.2 Å². The SMILES string of the molecule is Cc1cc(S(=O)(=O)NCC2CCCO2)c(Cl)cc1Cl. The molecular weight excluding hydrogens is 309 g/mol. The summed E-state index contributed by atoms with van der Waals surface area (Å²) in [4.78, 5) is 0.0501. The predicted molar refractivity (Wildman–Crippen MR) is 75.4 cm³/mol. The van der Waals surface area contributed by atoms with E-state index in [9.17, 15) is 8.42 Å². The summed E-state index contributed by atoms with van der Waals surface area (Å²) < 4.78 is 32.3. The van der Waals surface area contributed by atoms with E-state index in [0.717, 1.165) is 12.8 Å². The van der Waals surface area contributed by atoms with Gasteiger partial charge in [0.05, 0.1) is 11.1 Å². The number of ether oxygens (including phenoxy) is 1. The van der Waals surface area contributed by atoms with Crippen molar-refractivity contribution in [3.63, 3.8) is 0 Å². The lowest BCUT2D eigenvalue weighted by molar-refractivity contribution is 0.114. The zero-order chi connectivity index (χ0) is 14.0. The Labute approximate surface area is 123 Å². The molecule has 1 unspecified atom stereocenters. The summed E-state index contributed by atoms with van der Waals surface area (Å²) in [6.45, 7) is 2.69. The van der Waals surface area contributed by atoms with E-state index in [0.29, 0.717) is 17.2 Å². The monoisotopic (exact) mass is 323 g/mol. The van der Waals surface area contributed by atoms with Gasteiger partial charge in [-0.15, -0.1) is 0 Å². The summed E-state index contributed by atoms with van der Waals surface area (Å²) in [5, 5.41) is 0.568. The van der Waals surface area contributed by atoms with Crippen LogP contribution in [0.15, 0.2) is 17.0 Å². The minimum absolute atomic E-state index is 0.0501. The molecule has 1 fully saturated rings. The van der Waals surface area contributed by atoms with Gasteiger partial charge in [0.15, 0.2) is 0 Å². The van der Waals surface area contributed by atoms with Crippen molar-refractivity contribution in [1.29, 1.82) is 0 Å². The average Bonchev–Trinajstić information content (AvgIpc) is 2.84. The second-order valence-corrected chi connectivity index (χ2v) is 7.07. The summed E-state index contributed by atoms with van der Waals surface area (Å²) in [6.07, 6.45) is 1.78. The number of halogens is 2. The molecule has 0 bridgehead atoms. The van der Waals surface area contributed by atoms with Crippen LogP contribution in [0.5, 0.6) is 0 Å². The van der Waals surface area contributed by atoms with Crippen LogP contribution < -0.4 is 4.72 Å². The van der Waals surface area contributed by atoms with Gasteiger partial charge in [-0.3, -0.25) is 0 Å². The molecule has 1 heterocycles.